The Morgan fingerprint density at radius 2 is 1.71 bits per heavy atom. The van der Waals surface area contributed by atoms with Gasteiger partial charge in [0.1, 0.15) is 5.82 Å². The second kappa shape index (κ2) is 10.7. The predicted octanol–water partition coefficient (Wildman–Crippen LogP) is 4.60. The van der Waals surface area contributed by atoms with E-state index >= 15 is 0 Å². The molecule has 0 aliphatic carbocycles. The average molecular weight is 478 g/mol. The molecule has 0 saturated heterocycles. The fraction of sp³-hybridized carbons (Fsp3) is 0.238. The van der Waals surface area contributed by atoms with Gasteiger partial charge in [-0.15, -0.1) is 10.2 Å². The third-order valence-electron chi connectivity index (χ3n) is 4.47. The summed E-state index contributed by atoms with van der Waals surface area (Å²) in [6.07, 6.45) is 0.899. The zero-order valence-electron chi connectivity index (χ0n) is 17.0. The van der Waals surface area contributed by atoms with E-state index in [0.717, 1.165) is 17.7 Å². The SMILES string of the molecule is CCc1ccccc1NC(=O)Cc1nnc(SCC(=O)Nc2cccc(Cl)c2Cl)n1C. The minimum Gasteiger partial charge on any atom is -0.325 e. The Labute approximate surface area is 194 Å². The molecule has 7 nitrogen and oxygen atoms in total. The van der Waals surface area contributed by atoms with Crippen molar-refractivity contribution in [3.05, 3.63) is 63.9 Å². The number of carbonyl (C=O) groups excluding carboxylic acids is 2. The maximum atomic E-state index is 12.5. The minimum absolute atomic E-state index is 0.0758. The molecule has 0 bridgehead atoms. The van der Waals surface area contributed by atoms with Crippen molar-refractivity contribution in [1.29, 1.82) is 0 Å². The summed E-state index contributed by atoms with van der Waals surface area (Å²) in [5.41, 5.74) is 2.31. The van der Waals surface area contributed by atoms with Crippen LogP contribution in [0.15, 0.2) is 47.6 Å². The molecule has 0 radical (unpaired) electrons. The molecule has 2 N–H and O–H groups in total. The maximum Gasteiger partial charge on any atom is 0.234 e. The molecule has 162 valence electrons. The van der Waals surface area contributed by atoms with Gasteiger partial charge in [-0.2, -0.15) is 0 Å². The number of benzene rings is 2. The number of thioether (sulfide) groups is 1. The van der Waals surface area contributed by atoms with Crippen molar-refractivity contribution in [3.8, 4) is 0 Å². The van der Waals surface area contributed by atoms with Crippen molar-refractivity contribution in [2.24, 2.45) is 7.05 Å². The highest BCUT2D eigenvalue weighted by Gasteiger charge is 2.16. The van der Waals surface area contributed by atoms with E-state index in [4.69, 9.17) is 23.2 Å². The van der Waals surface area contributed by atoms with E-state index in [1.807, 2.05) is 31.2 Å². The molecule has 0 aliphatic rings. The summed E-state index contributed by atoms with van der Waals surface area (Å²) in [7, 11) is 1.76. The second-order valence-corrected chi connectivity index (χ2v) is 8.36. The number of halogens is 2. The molecule has 0 atom stereocenters. The number of nitrogens with zero attached hydrogens (tertiary/aromatic N) is 3. The molecule has 3 rings (SSSR count). The summed E-state index contributed by atoms with van der Waals surface area (Å²) in [6, 6.07) is 12.7. The van der Waals surface area contributed by atoms with E-state index in [2.05, 4.69) is 20.8 Å². The normalized spacial score (nSPS) is 10.7. The standard InChI is InChI=1S/C21H21Cl2N5O2S/c1-3-13-7-4-5-9-15(13)24-18(29)11-17-26-27-21(28(17)2)31-12-19(30)25-16-10-6-8-14(22)20(16)23/h4-10H,3,11-12H2,1-2H3,(H,24,29)(H,25,30). The number of anilines is 2. The lowest BCUT2D eigenvalue weighted by molar-refractivity contribution is -0.116. The zero-order valence-corrected chi connectivity index (χ0v) is 19.3. The number of hydrogen-bond acceptors (Lipinski definition) is 5. The Morgan fingerprint density at radius 3 is 2.48 bits per heavy atom. The summed E-state index contributed by atoms with van der Waals surface area (Å²) in [5, 5.41) is 15.0. The van der Waals surface area contributed by atoms with Crippen LogP contribution in [0.1, 0.15) is 18.3 Å². The van der Waals surface area contributed by atoms with Crippen molar-refractivity contribution in [2.75, 3.05) is 16.4 Å². The number of rotatable bonds is 8. The molecule has 0 spiro atoms. The van der Waals surface area contributed by atoms with Crippen LogP contribution in [0.25, 0.3) is 0 Å². The molecule has 0 fully saturated rings. The number of hydrogen-bond donors (Lipinski definition) is 2. The highest BCUT2D eigenvalue weighted by atomic mass is 35.5. The van der Waals surface area contributed by atoms with Gasteiger partial charge in [-0.1, -0.05) is 66.2 Å². The lowest BCUT2D eigenvalue weighted by Crippen LogP contribution is -2.18. The van der Waals surface area contributed by atoms with E-state index in [-0.39, 0.29) is 24.0 Å². The summed E-state index contributed by atoms with van der Waals surface area (Å²) >= 11 is 13.3. The number of nitrogens with one attached hydrogen (secondary N) is 2. The van der Waals surface area contributed by atoms with E-state index in [9.17, 15) is 9.59 Å². The van der Waals surface area contributed by atoms with Crippen LogP contribution < -0.4 is 10.6 Å². The largest absolute Gasteiger partial charge is 0.325 e. The van der Waals surface area contributed by atoms with Gasteiger partial charge < -0.3 is 15.2 Å². The number of para-hydroxylation sites is 1. The van der Waals surface area contributed by atoms with Crippen molar-refractivity contribution in [1.82, 2.24) is 14.8 Å². The third kappa shape index (κ3) is 6.00. The van der Waals surface area contributed by atoms with Gasteiger partial charge in [0.2, 0.25) is 11.8 Å². The van der Waals surface area contributed by atoms with Crippen LogP contribution in [0.2, 0.25) is 10.0 Å². The van der Waals surface area contributed by atoms with Crippen LogP contribution in [-0.4, -0.2) is 32.3 Å². The van der Waals surface area contributed by atoms with Gasteiger partial charge in [0, 0.05) is 12.7 Å². The Bertz CT molecular complexity index is 1100. The van der Waals surface area contributed by atoms with E-state index < -0.39 is 0 Å². The topological polar surface area (TPSA) is 88.9 Å². The number of carbonyl (C=O) groups is 2. The van der Waals surface area contributed by atoms with E-state index in [1.54, 1.807) is 29.8 Å². The first-order valence-electron chi connectivity index (χ1n) is 9.51. The number of aryl methyl sites for hydroxylation is 1. The lowest BCUT2D eigenvalue weighted by atomic mass is 10.1. The number of amides is 2. The van der Waals surface area contributed by atoms with Crippen LogP contribution in [-0.2, 0) is 29.5 Å². The highest BCUT2D eigenvalue weighted by molar-refractivity contribution is 7.99. The van der Waals surface area contributed by atoms with Crippen molar-refractivity contribution >= 4 is 58.2 Å². The molecule has 1 heterocycles. The van der Waals surface area contributed by atoms with Crippen molar-refractivity contribution in [3.63, 3.8) is 0 Å². The monoisotopic (exact) mass is 477 g/mol. The van der Waals surface area contributed by atoms with Gasteiger partial charge in [0.25, 0.3) is 0 Å². The molecule has 31 heavy (non-hydrogen) atoms. The van der Waals surface area contributed by atoms with Crippen LogP contribution in [0.3, 0.4) is 0 Å². The van der Waals surface area contributed by atoms with E-state index in [1.165, 1.54) is 11.8 Å². The molecule has 10 heteroatoms. The predicted molar refractivity (Wildman–Crippen MR) is 125 cm³/mol. The first kappa shape index (κ1) is 23.1. The van der Waals surface area contributed by atoms with Crippen molar-refractivity contribution in [2.45, 2.75) is 24.9 Å². The maximum absolute atomic E-state index is 12.5. The summed E-state index contributed by atoms with van der Waals surface area (Å²) in [6.45, 7) is 2.04. The average Bonchev–Trinajstić information content (AvgIpc) is 3.09. The fourth-order valence-electron chi connectivity index (χ4n) is 2.83. The van der Waals surface area contributed by atoms with Gasteiger partial charge >= 0.3 is 0 Å². The Morgan fingerprint density at radius 1 is 1.00 bits per heavy atom. The fourth-order valence-corrected chi connectivity index (χ4v) is 3.91. The smallest absolute Gasteiger partial charge is 0.234 e. The quantitative estimate of drug-likeness (QED) is 0.462. The second-order valence-electron chi connectivity index (χ2n) is 6.63. The molecule has 0 saturated carbocycles. The van der Waals surface area contributed by atoms with Crippen LogP contribution in [0.4, 0.5) is 11.4 Å². The third-order valence-corrected chi connectivity index (χ3v) is 6.31. The van der Waals surface area contributed by atoms with Crippen LogP contribution >= 0.6 is 35.0 Å². The Balaban J connectivity index is 1.56. The molecule has 0 unspecified atom stereocenters. The number of aromatic nitrogens is 3. The van der Waals surface area contributed by atoms with E-state index in [0.29, 0.717) is 26.7 Å². The highest BCUT2D eigenvalue weighted by Crippen LogP contribution is 2.29. The molecular formula is C21H21Cl2N5O2S. The Kier molecular flexibility index (Phi) is 7.95. The molecule has 0 aliphatic heterocycles. The Hall–Kier alpha value is -2.55. The van der Waals surface area contributed by atoms with Crippen LogP contribution in [0, 0.1) is 0 Å². The summed E-state index contributed by atoms with van der Waals surface area (Å²) in [4.78, 5) is 24.7. The molecule has 3 aromatic rings. The minimum atomic E-state index is -0.257. The summed E-state index contributed by atoms with van der Waals surface area (Å²) in [5.74, 6) is 0.173. The molecular weight excluding hydrogens is 457 g/mol. The van der Waals surface area contributed by atoms with Gasteiger partial charge in [-0.25, -0.2) is 0 Å². The lowest BCUT2D eigenvalue weighted by Gasteiger charge is -2.10. The van der Waals surface area contributed by atoms with Gasteiger partial charge in [-0.05, 0) is 30.2 Å². The van der Waals surface area contributed by atoms with Gasteiger partial charge in [0.15, 0.2) is 5.16 Å². The van der Waals surface area contributed by atoms with Crippen molar-refractivity contribution < 1.29 is 9.59 Å². The first-order valence-corrected chi connectivity index (χ1v) is 11.3. The van der Waals surface area contributed by atoms with Gasteiger partial charge in [-0.3, -0.25) is 9.59 Å². The summed E-state index contributed by atoms with van der Waals surface area (Å²) < 4.78 is 1.70. The van der Waals surface area contributed by atoms with Gasteiger partial charge in [0.05, 0.1) is 27.9 Å². The zero-order chi connectivity index (χ0) is 22.4. The van der Waals surface area contributed by atoms with Crippen LogP contribution in [0.5, 0.6) is 0 Å². The first-order chi connectivity index (χ1) is 14.9. The molecule has 2 aromatic carbocycles. The molecule has 1 aromatic heterocycles. The molecule has 2 amide bonds.